The van der Waals surface area contributed by atoms with Crippen LogP contribution in [0.3, 0.4) is 0 Å². The van der Waals surface area contributed by atoms with Crippen LogP contribution in [0, 0.1) is 0 Å². The van der Waals surface area contributed by atoms with Crippen molar-refractivity contribution < 1.29 is 0 Å². The van der Waals surface area contributed by atoms with E-state index in [1.165, 1.54) is 16.8 Å². The fourth-order valence-electron chi connectivity index (χ4n) is 2.43. The minimum absolute atomic E-state index is 0.368. The molecule has 0 aliphatic heterocycles. The molecule has 0 amide bonds. The Kier molecular flexibility index (Phi) is 5.40. The molecular weight excluding hydrogens is 256 g/mol. The maximum Gasteiger partial charge on any atom is 0.0361 e. The number of benzene rings is 2. The van der Waals surface area contributed by atoms with Crippen LogP contribution < -0.4 is 10.2 Å². The Balaban J connectivity index is 1.91. The summed E-state index contributed by atoms with van der Waals surface area (Å²) in [7, 11) is 4.14. The summed E-state index contributed by atoms with van der Waals surface area (Å²) < 4.78 is 0. The zero-order valence-electron chi connectivity index (χ0n) is 13.5. The van der Waals surface area contributed by atoms with E-state index in [-0.39, 0.29) is 0 Å². The van der Waals surface area contributed by atoms with Crippen molar-refractivity contribution in [3.63, 3.8) is 0 Å². The summed E-state index contributed by atoms with van der Waals surface area (Å²) in [5.74, 6) is 0.523. The average molecular weight is 282 g/mol. The number of nitrogens with zero attached hydrogens (tertiary/aromatic N) is 1. The average Bonchev–Trinajstić information content (AvgIpc) is 2.53. The van der Waals surface area contributed by atoms with Crippen LogP contribution in [0.1, 0.15) is 36.9 Å². The molecule has 0 heterocycles. The first-order chi connectivity index (χ1) is 10.1. The first-order valence-corrected chi connectivity index (χ1v) is 7.63. The third-order valence-corrected chi connectivity index (χ3v) is 4.01. The van der Waals surface area contributed by atoms with E-state index in [0.29, 0.717) is 12.0 Å². The SMILES string of the molecule is CC(CNC(C)c1ccc(N(C)C)cc1)c1ccccc1. The lowest BCUT2D eigenvalue weighted by atomic mass is 10.0. The van der Waals surface area contributed by atoms with Crippen molar-refractivity contribution >= 4 is 5.69 Å². The Bertz CT molecular complexity index is 531. The van der Waals surface area contributed by atoms with E-state index in [1.54, 1.807) is 0 Å². The topological polar surface area (TPSA) is 15.3 Å². The molecule has 0 aliphatic carbocycles. The fourth-order valence-corrected chi connectivity index (χ4v) is 2.43. The highest BCUT2D eigenvalue weighted by Crippen LogP contribution is 2.19. The van der Waals surface area contributed by atoms with Crippen molar-refractivity contribution in [3.05, 3.63) is 65.7 Å². The Labute approximate surface area is 128 Å². The Morgan fingerprint density at radius 3 is 2.05 bits per heavy atom. The molecule has 21 heavy (non-hydrogen) atoms. The summed E-state index contributed by atoms with van der Waals surface area (Å²) in [5, 5.41) is 3.63. The maximum atomic E-state index is 3.63. The lowest BCUT2D eigenvalue weighted by Crippen LogP contribution is -2.23. The largest absolute Gasteiger partial charge is 0.378 e. The van der Waals surface area contributed by atoms with Gasteiger partial charge in [-0.1, -0.05) is 49.4 Å². The molecule has 1 N–H and O–H groups in total. The zero-order valence-corrected chi connectivity index (χ0v) is 13.5. The van der Waals surface area contributed by atoms with Gasteiger partial charge < -0.3 is 10.2 Å². The number of anilines is 1. The van der Waals surface area contributed by atoms with Gasteiger partial charge >= 0.3 is 0 Å². The second-order valence-electron chi connectivity index (χ2n) is 5.93. The van der Waals surface area contributed by atoms with Gasteiger partial charge in [-0.3, -0.25) is 0 Å². The lowest BCUT2D eigenvalue weighted by Gasteiger charge is -2.19. The van der Waals surface area contributed by atoms with Crippen LogP contribution in [0.2, 0.25) is 0 Å². The van der Waals surface area contributed by atoms with Gasteiger partial charge in [0.1, 0.15) is 0 Å². The quantitative estimate of drug-likeness (QED) is 0.854. The third-order valence-electron chi connectivity index (χ3n) is 4.01. The van der Waals surface area contributed by atoms with Gasteiger partial charge in [0.05, 0.1) is 0 Å². The molecule has 0 aromatic heterocycles. The molecule has 2 atom stereocenters. The summed E-state index contributed by atoms with van der Waals surface area (Å²) in [4.78, 5) is 2.12. The first-order valence-electron chi connectivity index (χ1n) is 7.63. The Morgan fingerprint density at radius 2 is 1.48 bits per heavy atom. The summed E-state index contributed by atoms with van der Waals surface area (Å²) in [6.07, 6.45) is 0. The Morgan fingerprint density at radius 1 is 0.857 bits per heavy atom. The van der Waals surface area contributed by atoms with E-state index in [9.17, 15) is 0 Å². The van der Waals surface area contributed by atoms with E-state index in [4.69, 9.17) is 0 Å². The molecule has 112 valence electrons. The van der Waals surface area contributed by atoms with E-state index in [2.05, 4.69) is 92.8 Å². The fraction of sp³-hybridized carbons (Fsp3) is 0.368. The van der Waals surface area contributed by atoms with Crippen LogP contribution in [-0.2, 0) is 0 Å². The number of hydrogen-bond acceptors (Lipinski definition) is 2. The van der Waals surface area contributed by atoms with Crippen LogP contribution in [0.4, 0.5) is 5.69 Å². The molecule has 2 nitrogen and oxygen atoms in total. The molecule has 0 saturated heterocycles. The van der Waals surface area contributed by atoms with Gasteiger partial charge in [0.25, 0.3) is 0 Å². The van der Waals surface area contributed by atoms with Crippen LogP contribution in [0.15, 0.2) is 54.6 Å². The normalized spacial score (nSPS) is 13.7. The predicted molar refractivity (Wildman–Crippen MR) is 92.0 cm³/mol. The van der Waals surface area contributed by atoms with Crippen LogP contribution in [0.25, 0.3) is 0 Å². The number of nitrogens with one attached hydrogen (secondary N) is 1. The molecule has 0 aliphatic rings. The highest BCUT2D eigenvalue weighted by molar-refractivity contribution is 5.46. The van der Waals surface area contributed by atoms with Gasteiger partial charge in [-0.05, 0) is 36.1 Å². The second kappa shape index (κ2) is 7.28. The molecule has 2 aromatic carbocycles. The minimum Gasteiger partial charge on any atom is -0.378 e. The van der Waals surface area contributed by atoms with Crippen molar-refractivity contribution in [1.29, 1.82) is 0 Å². The van der Waals surface area contributed by atoms with Crippen molar-refractivity contribution in [2.24, 2.45) is 0 Å². The molecule has 0 fully saturated rings. The van der Waals surface area contributed by atoms with Crippen LogP contribution >= 0.6 is 0 Å². The first kappa shape index (κ1) is 15.6. The summed E-state index contributed by atoms with van der Waals surface area (Å²) in [5.41, 5.74) is 3.96. The van der Waals surface area contributed by atoms with Crippen LogP contribution in [-0.4, -0.2) is 20.6 Å². The Hall–Kier alpha value is -1.80. The third kappa shape index (κ3) is 4.33. The van der Waals surface area contributed by atoms with Gasteiger partial charge in [0, 0.05) is 32.4 Å². The van der Waals surface area contributed by atoms with E-state index < -0.39 is 0 Å². The van der Waals surface area contributed by atoms with Gasteiger partial charge in [0.15, 0.2) is 0 Å². The second-order valence-corrected chi connectivity index (χ2v) is 5.93. The van der Waals surface area contributed by atoms with Crippen molar-refractivity contribution in [2.75, 3.05) is 25.5 Å². The lowest BCUT2D eigenvalue weighted by molar-refractivity contribution is 0.537. The predicted octanol–water partition coefficient (Wildman–Crippen LogP) is 4.21. The smallest absolute Gasteiger partial charge is 0.0361 e. The molecule has 0 bridgehead atoms. The standard InChI is InChI=1S/C19H26N2/c1-15(17-8-6-5-7-9-17)14-20-16(2)18-10-12-19(13-11-18)21(3)4/h5-13,15-16,20H,14H2,1-4H3. The summed E-state index contributed by atoms with van der Waals surface area (Å²) in [6, 6.07) is 19.8. The van der Waals surface area contributed by atoms with Crippen LogP contribution in [0.5, 0.6) is 0 Å². The van der Waals surface area contributed by atoms with Gasteiger partial charge in [0.2, 0.25) is 0 Å². The molecular formula is C19H26N2. The van der Waals surface area contributed by atoms with E-state index in [1.807, 2.05) is 0 Å². The van der Waals surface area contributed by atoms with Gasteiger partial charge in [-0.25, -0.2) is 0 Å². The van der Waals surface area contributed by atoms with Crippen molar-refractivity contribution in [1.82, 2.24) is 5.32 Å². The molecule has 2 heteroatoms. The van der Waals surface area contributed by atoms with E-state index >= 15 is 0 Å². The van der Waals surface area contributed by atoms with Gasteiger partial charge in [-0.2, -0.15) is 0 Å². The maximum absolute atomic E-state index is 3.63. The van der Waals surface area contributed by atoms with E-state index in [0.717, 1.165) is 6.54 Å². The molecule has 0 saturated carbocycles. The number of rotatable bonds is 6. The number of hydrogen-bond donors (Lipinski definition) is 1. The van der Waals surface area contributed by atoms with Gasteiger partial charge in [-0.15, -0.1) is 0 Å². The highest BCUT2D eigenvalue weighted by atomic mass is 15.1. The molecule has 0 radical (unpaired) electrons. The summed E-state index contributed by atoms with van der Waals surface area (Å²) >= 11 is 0. The monoisotopic (exact) mass is 282 g/mol. The minimum atomic E-state index is 0.368. The molecule has 0 spiro atoms. The van der Waals surface area contributed by atoms with Crippen molar-refractivity contribution in [3.8, 4) is 0 Å². The molecule has 2 unspecified atom stereocenters. The molecule has 2 aromatic rings. The highest BCUT2D eigenvalue weighted by Gasteiger charge is 2.09. The molecule has 2 rings (SSSR count). The van der Waals surface area contributed by atoms with Crippen molar-refractivity contribution in [2.45, 2.75) is 25.8 Å². The summed E-state index contributed by atoms with van der Waals surface area (Å²) in [6.45, 7) is 5.48. The zero-order chi connectivity index (χ0) is 15.2.